The Bertz CT molecular complexity index is 289. The number of hydrogen-bond acceptors (Lipinski definition) is 3. The van der Waals surface area contributed by atoms with Gasteiger partial charge in [-0.2, -0.15) is 0 Å². The zero-order chi connectivity index (χ0) is 14.0. The number of nitrogens with zero attached hydrogens (tertiary/aromatic N) is 1. The third-order valence-corrected chi connectivity index (χ3v) is 2.71. The topological polar surface area (TPSA) is 41.6 Å². The zero-order valence-corrected chi connectivity index (χ0v) is 12.7. The predicted octanol–water partition coefficient (Wildman–Crippen LogP) is 2.77. The van der Waals surface area contributed by atoms with Crippen LogP contribution < -0.4 is 5.32 Å². The Labute approximate surface area is 111 Å². The Morgan fingerprint density at radius 1 is 1.22 bits per heavy atom. The summed E-state index contributed by atoms with van der Waals surface area (Å²) in [4.78, 5) is 13.8. The van der Waals surface area contributed by atoms with Crippen LogP contribution in [0.3, 0.4) is 0 Å². The Balaban J connectivity index is 2.51. The van der Waals surface area contributed by atoms with E-state index in [1.165, 1.54) is 0 Å². The van der Waals surface area contributed by atoms with Crippen LogP contribution in [0.4, 0.5) is 4.79 Å². The summed E-state index contributed by atoms with van der Waals surface area (Å²) >= 11 is 0. The Morgan fingerprint density at radius 3 is 2.33 bits per heavy atom. The van der Waals surface area contributed by atoms with Gasteiger partial charge in [0, 0.05) is 24.7 Å². The van der Waals surface area contributed by atoms with Crippen LogP contribution in [0.2, 0.25) is 0 Å². The smallest absolute Gasteiger partial charge is 0.410 e. The van der Waals surface area contributed by atoms with E-state index in [9.17, 15) is 4.79 Å². The molecule has 1 rings (SSSR count). The molecule has 1 aliphatic heterocycles. The maximum Gasteiger partial charge on any atom is 0.410 e. The molecule has 0 bridgehead atoms. The van der Waals surface area contributed by atoms with Crippen LogP contribution in [-0.2, 0) is 4.74 Å². The molecule has 1 fully saturated rings. The van der Waals surface area contributed by atoms with Crippen molar-refractivity contribution in [1.82, 2.24) is 10.2 Å². The van der Waals surface area contributed by atoms with E-state index in [4.69, 9.17) is 4.74 Å². The maximum atomic E-state index is 12.0. The zero-order valence-electron chi connectivity index (χ0n) is 12.7. The van der Waals surface area contributed by atoms with E-state index in [2.05, 4.69) is 26.1 Å². The third-order valence-electron chi connectivity index (χ3n) is 2.71. The second-order valence-electron chi connectivity index (χ2n) is 7.16. The van der Waals surface area contributed by atoms with Gasteiger partial charge in [-0.1, -0.05) is 0 Å². The van der Waals surface area contributed by atoms with E-state index in [-0.39, 0.29) is 11.6 Å². The van der Waals surface area contributed by atoms with Crippen LogP contribution >= 0.6 is 0 Å². The molecule has 0 aromatic rings. The number of amides is 1. The van der Waals surface area contributed by atoms with E-state index < -0.39 is 5.60 Å². The monoisotopic (exact) mass is 256 g/mol. The highest BCUT2D eigenvalue weighted by atomic mass is 16.6. The highest BCUT2D eigenvalue weighted by Gasteiger charge is 2.29. The summed E-state index contributed by atoms with van der Waals surface area (Å²) in [6, 6.07) is 0.367. The molecule has 0 aromatic heterocycles. The lowest BCUT2D eigenvalue weighted by Crippen LogP contribution is -2.53. The molecule has 1 unspecified atom stereocenters. The van der Waals surface area contributed by atoms with Gasteiger partial charge in [0.05, 0.1) is 0 Å². The fraction of sp³-hybridized carbons (Fsp3) is 0.929. The molecule has 0 radical (unpaired) electrons. The van der Waals surface area contributed by atoms with Gasteiger partial charge in [-0.15, -0.1) is 0 Å². The summed E-state index contributed by atoms with van der Waals surface area (Å²) < 4.78 is 5.41. The minimum Gasteiger partial charge on any atom is -0.444 e. The Kier molecular flexibility index (Phi) is 4.65. The van der Waals surface area contributed by atoms with E-state index in [1.807, 2.05) is 25.7 Å². The fourth-order valence-electron chi connectivity index (χ4n) is 2.20. The van der Waals surface area contributed by atoms with Crippen LogP contribution in [0, 0.1) is 0 Å². The van der Waals surface area contributed by atoms with Crippen LogP contribution in [0.5, 0.6) is 0 Å². The van der Waals surface area contributed by atoms with Gasteiger partial charge in [-0.3, -0.25) is 0 Å². The van der Waals surface area contributed by atoms with Crippen LogP contribution in [0.25, 0.3) is 0 Å². The molecule has 0 spiro atoms. The molecule has 1 saturated heterocycles. The van der Waals surface area contributed by atoms with Gasteiger partial charge in [0.1, 0.15) is 5.60 Å². The quantitative estimate of drug-likeness (QED) is 0.784. The normalized spacial score (nSPS) is 21.9. The molecule has 0 aromatic carbocycles. The Morgan fingerprint density at radius 2 is 1.83 bits per heavy atom. The van der Waals surface area contributed by atoms with Gasteiger partial charge in [-0.05, 0) is 54.4 Å². The lowest BCUT2D eigenvalue weighted by Gasteiger charge is -2.37. The number of rotatable bonds is 1. The number of nitrogens with one attached hydrogen (secondary N) is 1. The molecule has 1 N–H and O–H groups in total. The lowest BCUT2D eigenvalue weighted by molar-refractivity contribution is 0.0177. The lowest BCUT2D eigenvalue weighted by atomic mass is 10.0. The van der Waals surface area contributed by atoms with Gasteiger partial charge in [0.15, 0.2) is 0 Å². The molecule has 1 atom stereocenters. The summed E-state index contributed by atoms with van der Waals surface area (Å²) in [6.07, 6.45) is 1.96. The second kappa shape index (κ2) is 5.47. The van der Waals surface area contributed by atoms with Crippen molar-refractivity contribution in [3.8, 4) is 0 Å². The number of carbonyl (C=O) groups excluding carboxylic acids is 1. The van der Waals surface area contributed by atoms with E-state index in [0.29, 0.717) is 6.04 Å². The van der Waals surface area contributed by atoms with Gasteiger partial charge in [0.25, 0.3) is 0 Å². The van der Waals surface area contributed by atoms with E-state index in [0.717, 1.165) is 25.9 Å². The molecule has 106 valence electrons. The second-order valence-corrected chi connectivity index (χ2v) is 7.16. The predicted molar refractivity (Wildman–Crippen MR) is 73.7 cm³/mol. The van der Waals surface area contributed by atoms with Crippen molar-refractivity contribution in [2.45, 2.75) is 71.6 Å². The first-order valence-corrected chi connectivity index (χ1v) is 6.82. The summed E-state index contributed by atoms with van der Waals surface area (Å²) in [6.45, 7) is 13.7. The van der Waals surface area contributed by atoms with Crippen molar-refractivity contribution in [2.75, 3.05) is 13.1 Å². The van der Waals surface area contributed by atoms with Crippen molar-refractivity contribution in [1.29, 1.82) is 0 Å². The number of hydrogen-bond donors (Lipinski definition) is 1. The van der Waals surface area contributed by atoms with Crippen LogP contribution in [0.15, 0.2) is 0 Å². The average molecular weight is 256 g/mol. The first-order valence-electron chi connectivity index (χ1n) is 6.82. The summed E-state index contributed by atoms with van der Waals surface area (Å²) in [5.74, 6) is 0. The third kappa shape index (κ3) is 5.71. The van der Waals surface area contributed by atoms with Gasteiger partial charge in [0.2, 0.25) is 0 Å². The molecule has 4 nitrogen and oxygen atoms in total. The van der Waals surface area contributed by atoms with Crippen molar-refractivity contribution >= 4 is 6.09 Å². The maximum absolute atomic E-state index is 12.0. The highest BCUT2D eigenvalue weighted by Crippen LogP contribution is 2.17. The van der Waals surface area contributed by atoms with Crippen molar-refractivity contribution in [2.24, 2.45) is 0 Å². The molecule has 1 heterocycles. The molecule has 1 amide bonds. The van der Waals surface area contributed by atoms with E-state index in [1.54, 1.807) is 0 Å². The Hall–Kier alpha value is -0.770. The summed E-state index contributed by atoms with van der Waals surface area (Å²) in [5.41, 5.74) is -0.330. The van der Waals surface area contributed by atoms with Crippen LogP contribution in [-0.4, -0.2) is 41.3 Å². The van der Waals surface area contributed by atoms with Crippen molar-refractivity contribution in [3.63, 3.8) is 0 Å². The van der Waals surface area contributed by atoms with Crippen LogP contribution in [0.1, 0.15) is 54.4 Å². The standard InChI is InChI=1S/C14H28N2O2/c1-13(2,3)15-11-8-7-9-16(10-11)12(17)18-14(4,5)6/h11,15H,7-10H2,1-6H3. The van der Waals surface area contributed by atoms with Crippen molar-refractivity contribution in [3.05, 3.63) is 0 Å². The van der Waals surface area contributed by atoms with Crippen molar-refractivity contribution < 1.29 is 9.53 Å². The molecule has 0 saturated carbocycles. The van der Waals surface area contributed by atoms with E-state index >= 15 is 0 Å². The molecule has 18 heavy (non-hydrogen) atoms. The molecule has 1 aliphatic rings. The number of ether oxygens (including phenoxy) is 1. The molecular formula is C14H28N2O2. The molecular weight excluding hydrogens is 228 g/mol. The minimum absolute atomic E-state index is 0.0849. The van der Waals surface area contributed by atoms with Gasteiger partial charge in [-0.25, -0.2) is 4.79 Å². The average Bonchev–Trinajstić information content (AvgIpc) is 2.12. The molecule has 4 heteroatoms. The number of carbonyl (C=O) groups is 1. The first-order chi connectivity index (χ1) is 8.07. The fourth-order valence-corrected chi connectivity index (χ4v) is 2.20. The summed E-state index contributed by atoms with van der Waals surface area (Å²) in [5, 5.41) is 3.56. The highest BCUT2D eigenvalue weighted by molar-refractivity contribution is 5.68. The van der Waals surface area contributed by atoms with Gasteiger partial charge < -0.3 is 15.0 Å². The minimum atomic E-state index is -0.415. The molecule has 0 aliphatic carbocycles. The SMILES string of the molecule is CC(C)(C)NC1CCCN(C(=O)OC(C)(C)C)C1. The van der Waals surface area contributed by atoms with Gasteiger partial charge >= 0.3 is 6.09 Å². The number of piperidine rings is 1. The largest absolute Gasteiger partial charge is 0.444 e. The summed E-state index contributed by atoms with van der Waals surface area (Å²) in [7, 11) is 0. The number of likely N-dealkylation sites (tertiary alicyclic amines) is 1. The first kappa shape index (κ1) is 15.3.